The van der Waals surface area contributed by atoms with E-state index in [0.29, 0.717) is 18.6 Å². The topological polar surface area (TPSA) is 133 Å². The minimum absolute atomic E-state index is 0.172. The van der Waals surface area contributed by atoms with Gasteiger partial charge in [0.05, 0.1) is 15.6 Å². The molecule has 7 nitrogen and oxygen atoms in total. The van der Waals surface area contributed by atoms with E-state index in [1.165, 1.54) is 18.7 Å². The highest BCUT2D eigenvalue weighted by atomic mass is 32.2. The molecule has 0 saturated carbocycles. The Morgan fingerprint density at radius 1 is 1.39 bits per heavy atom. The number of carbonyl (C=O) groups excluding carboxylic acids is 2. The van der Waals surface area contributed by atoms with Crippen molar-refractivity contribution in [1.29, 1.82) is 5.41 Å². The Bertz CT molecular complexity index is 434. The van der Waals surface area contributed by atoms with Crippen molar-refractivity contribution < 1.29 is 19.5 Å². The summed E-state index contributed by atoms with van der Waals surface area (Å²) in [5, 5.41) is 19.3. The first-order valence-electron chi connectivity index (χ1n) is 7.72. The van der Waals surface area contributed by atoms with Crippen LogP contribution in [0.5, 0.6) is 0 Å². The van der Waals surface area contributed by atoms with Crippen molar-refractivity contribution in [2.75, 3.05) is 12.3 Å². The van der Waals surface area contributed by atoms with Gasteiger partial charge in [-0.1, -0.05) is 6.55 Å². The van der Waals surface area contributed by atoms with Crippen molar-refractivity contribution in [2.45, 2.75) is 50.4 Å². The first kappa shape index (κ1) is 21.8. The molecule has 2 atom stereocenters. The van der Waals surface area contributed by atoms with Crippen molar-refractivity contribution in [1.82, 2.24) is 5.32 Å². The van der Waals surface area contributed by atoms with E-state index in [4.69, 9.17) is 11.1 Å². The number of aliphatic carboxylic acids is 1. The average Bonchev–Trinajstić information content (AvgIpc) is 2.49. The first-order chi connectivity index (χ1) is 10.8. The maximum Gasteiger partial charge on any atom is 0.317 e. The van der Waals surface area contributed by atoms with Crippen LogP contribution in [0.15, 0.2) is 0 Å². The van der Waals surface area contributed by atoms with Gasteiger partial charge in [0.1, 0.15) is 5.25 Å². The molecule has 1 amide bonds. The molecule has 9 heteroatoms. The second-order valence-corrected chi connectivity index (χ2v) is 8.14. The summed E-state index contributed by atoms with van der Waals surface area (Å²) in [6.45, 7) is 3.69. The molecule has 0 aromatic carbocycles. The molecule has 0 aliphatic rings. The number of amides is 1. The lowest BCUT2D eigenvalue weighted by Gasteiger charge is -2.17. The maximum absolute atomic E-state index is 11.9. The molecule has 2 unspecified atom stereocenters. The number of nitrogens with one attached hydrogen (secondary N) is 2. The maximum atomic E-state index is 11.9. The molecule has 0 rings (SSSR count). The lowest BCUT2D eigenvalue weighted by atomic mass is 10.1. The fourth-order valence-corrected chi connectivity index (χ4v) is 3.48. The van der Waals surface area contributed by atoms with E-state index >= 15 is 0 Å². The number of carbonyl (C=O) groups is 3. The van der Waals surface area contributed by atoms with Gasteiger partial charge in [0.25, 0.3) is 0 Å². The Hall–Kier alpha value is -1.19. The van der Waals surface area contributed by atoms with Gasteiger partial charge in [-0.15, -0.1) is 11.8 Å². The minimum Gasteiger partial charge on any atom is -0.480 e. The lowest BCUT2D eigenvalue weighted by Crippen LogP contribution is -2.42. The van der Waals surface area contributed by atoms with Crippen LogP contribution in [0.4, 0.5) is 0 Å². The van der Waals surface area contributed by atoms with Crippen molar-refractivity contribution >= 4 is 44.3 Å². The highest BCUT2D eigenvalue weighted by molar-refractivity contribution is 8.00. The van der Waals surface area contributed by atoms with Crippen LogP contribution in [-0.2, 0) is 14.4 Å². The molecule has 0 saturated heterocycles. The van der Waals surface area contributed by atoms with Crippen molar-refractivity contribution in [3.63, 3.8) is 0 Å². The van der Waals surface area contributed by atoms with Gasteiger partial charge in [-0.3, -0.25) is 14.4 Å². The fraction of sp³-hybridized carbons (Fsp3) is 0.714. The van der Waals surface area contributed by atoms with Crippen molar-refractivity contribution in [3.8, 4) is 0 Å². The quantitative estimate of drug-likeness (QED) is 0.207. The van der Waals surface area contributed by atoms with Crippen molar-refractivity contribution in [2.24, 2.45) is 5.73 Å². The first-order valence-corrected chi connectivity index (χ1v) is 10.9. The van der Waals surface area contributed by atoms with Gasteiger partial charge >= 0.3 is 5.97 Å². The van der Waals surface area contributed by atoms with Gasteiger partial charge in [0, 0.05) is 6.42 Å². The van der Waals surface area contributed by atoms with Crippen LogP contribution in [0.3, 0.4) is 0 Å². The van der Waals surface area contributed by atoms with E-state index in [0.717, 1.165) is 11.8 Å². The van der Waals surface area contributed by atoms with E-state index < -0.39 is 32.7 Å². The number of hydrogen-bond donors (Lipinski definition) is 4. The summed E-state index contributed by atoms with van der Waals surface area (Å²) < 4.78 is 0. The van der Waals surface area contributed by atoms with Crippen LogP contribution in [-0.4, -0.2) is 61.2 Å². The molecule has 0 bridgehead atoms. The summed E-state index contributed by atoms with van der Waals surface area (Å²) in [4.78, 5) is 34.6. The Balaban J connectivity index is 4.34. The molecule has 0 fully saturated rings. The highest BCUT2D eigenvalue weighted by Gasteiger charge is 2.24. The summed E-state index contributed by atoms with van der Waals surface area (Å²) in [7, 11) is -0.417. The second kappa shape index (κ2) is 12.3. The van der Waals surface area contributed by atoms with E-state index in [2.05, 4.69) is 5.32 Å². The van der Waals surface area contributed by atoms with Crippen LogP contribution in [0, 0.1) is 5.41 Å². The Morgan fingerprint density at radius 2 is 2.04 bits per heavy atom. The molecular weight excluding hydrogens is 334 g/mol. The van der Waals surface area contributed by atoms with Gasteiger partial charge in [0.2, 0.25) is 5.91 Å². The van der Waals surface area contributed by atoms with Crippen LogP contribution in [0.1, 0.15) is 32.6 Å². The third kappa shape index (κ3) is 10.2. The summed E-state index contributed by atoms with van der Waals surface area (Å²) >= 11 is 1.21. The number of hydrogen-bond acceptors (Lipinski definition) is 6. The van der Waals surface area contributed by atoms with E-state index in [-0.39, 0.29) is 18.7 Å². The van der Waals surface area contributed by atoms with Crippen LogP contribution >= 0.6 is 11.8 Å². The molecule has 23 heavy (non-hydrogen) atoms. The Kier molecular flexibility index (Phi) is 11.6. The van der Waals surface area contributed by atoms with Crippen LogP contribution < -0.4 is 11.1 Å². The minimum atomic E-state index is -1.04. The monoisotopic (exact) mass is 361 g/mol. The predicted molar refractivity (Wildman–Crippen MR) is 96.2 cm³/mol. The number of carboxylic acids is 1. The molecular formula is C14H27N3O4SSi. The normalized spacial score (nSPS) is 13.7. The summed E-state index contributed by atoms with van der Waals surface area (Å²) in [5.41, 5.74) is 5.39. The Morgan fingerprint density at radius 3 is 2.52 bits per heavy atom. The zero-order chi connectivity index (χ0) is 17.8. The van der Waals surface area contributed by atoms with Crippen LogP contribution in [0.2, 0.25) is 6.55 Å². The molecule has 0 aromatic heterocycles. The third-order valence-corrected chi connectivity index (χ3v) is 5.80. The second-order valence-electron chi connectivity index (χ2n) is 5.27. The lowest BCUT2D eigenvalue weighted by molar-refractivity contribution is -0.138. The molecule has 0 aliphatic heterocycles. The standard InChI is InChI=1S/C14H27N3O4SSi/c1-9(18)10(5-6-15)17-13(19)8-11(14(20)21)22-7-3-4-12(16)23-2/h10-11,16H,3-8,15,23H2,1-2H3,(H,17,19)(H,20,21). The number of ketones is 1. The van der Waals surface area contributed by atoms with Crippen LogP contribution in [0.25, 0.3) is 0 Å². The SMILES string of the molecule is C[SiH2]C(=N)CCCSC(CC(=O)NC(CCN)C(C)=O)C(=O)O. The smallest absolute Gasteiger partial charge is 0.317 e. The Labute approximate surface area is 143 Å². The number of rotatable bonds is 13. The molecule has 0 aliphatic carbocycles. The zero-order valence-electron chi connectivity index (χ0n) is 13.8. The van der Waals surface area contributed by atoms with Gasteiger partial charge in [-0.05, 0) is 43.8 Å². The van der Waals surface area contributed by atoms with Gasteiger partial charge in [-0.25, -0.2) is 0 Å². The third-order valence-electron chi connectivity index (χ3n) is 3.30. The number of nitrogens with two attached hydrogens (primary N) is 1. The molecule has 0 aromatic rings. The molecule has 0 heterocycles. The molecule has 5 N–H and O–H groups in total. The highest BCUT2D eigenvalue weighted by Crippen LogP contribution is 2.17. The summed E-state index contributed by atoms with van der Waals surface area (Å²) in [6.07, 6.45) is 1.62. The average molecular weight is 362 g/mol. The summed E-state index contributed by atoms with van der Waals surface area (Å²) in [6, 6.07) is -0.651. The van der Waals surface area contributed by atoms with E-state index in [1.54, 1.807) is 0 Å². The number of Topliss-reactive ketones (excluding diaryl/α,β-unsaturated/α-hetero) is 1. The number of thioether (sulfide) groups is 1. The van der Waals surface area contributed by atoms with Gasteiger partial charge in [-0.2, -0.15) is 0 Å². The zero-order valence-corrected chi connectivity index (χ0v) is 16.0. The largest absolute Gasteiger partial charge is 0.480 e. The van der Waals surface area contributed by atoms with Crippen molar-refractivity contribution in [3.05, 3.63) is 0 Å². The molecule has 0 spiro atoms. The van der Waals surface area contributed by atoms with E-state index in [9.17, 15) is 19.5 Å². The van der Waals surface area contributed by atoms with E-state index in [1.807, 2.05) is 6.55 Å². The fourth-order valence-electron chi connectivity index (χ4n) is 1.87. The van der Waals surface area contributed by atoms with Gasteiger partial charge in [0.15, 0.2) is 5.78 Å². The summed E-state index contributed by atoms with van der Waals surface area (Å²) in [5.74, 6) is -1.08. The predicted octanol–water partition coefficient (Wildman–Crippen LogP) is -0.0401. The number of carboxylic acid groups (broad SMARTS) is 1. The van der Waals surface area contributed by atoms with Gasteiger partial charge < -0.3 is 21.6 Å². The molecule has 132 valence electrons. The molecule has 0 radical (unpaired) electrons.